The fourth-order valence-corrected chi connectivity index (χ4v) is 3.47. The molecular formula is C19H15Cl2N3O2S. The second-order valence-corrected chi connectivity index (χ2v) is 7.60. The molecular weight excluding hydrogens is 405 g/mol. The zero-order chi connectivity index (χ0) is 19.4. The summed E-state index contributed by atoms with van der Waals surface area (Å²) in [6.45, 7) is -0.0940. The number of hydrogen-bond donors (Lipinski definition) is 1. The molecule has 0 fully saturated rings. The van der Waals surface area contributed by atoms with Gasteiger partial charge in [0.1, 0.15) is 5.01 Å². The first kappa shape index (κ1) is 19.4. The molecule has 0 atom stereocenters. The third kappa shape index (κ3) is 5.07. The molecule has 0 aliphatic rings. The van der Waals surface area contributed by atoms with E-state index in [-0.39, 0.29) is 18.4 Å². The Morgan fingerprint density at radius 1 is 1.19 bits per heavy atom. The molecule has 0 unspecified atom stereocenters. The molecule has 0 bridgehead atoms. The van der Waals surface area contributed by atoms with Crippen LogP contribution in [-0.4, -0.2) is 35.3 Å². The van der Waals surface area contributed by atoms with Crippen molar-refractivity contribution in [2.75, 3.05) is 18.9 Å². The molecule has 2 aromatic carbocycles. The van der Waals surface area contributed by atoms with Crippen molar-refractivity contribution in [1.29, 1.82) is 0 Å². The largest absolute Gasteiger partial charge is 0.333 e. The lowest BCUT2D eigenvalue weighted by atomic mass is 10.3. The minimum atomic E-state index is -0.336. The van der Waals surface area contributed by atoms with Gasteiger partial charge in [-0.05, 0) is 36.4 Å². The molecule has 0 saturated heterocycles. The van der Waals surface area contributed by atoms with Gasteiger partial charge in [-0.15, -0.1) is 11.3 Å². The molecule has 0 radical (unpaired) electrons. The number of amides is 2. The zero-order valence-corrected chi connectivity index (χ0v) is 16.6. The van der Waals surface area contributed by atoms with Gasteiger partial charge in [0, 0.05) is 18.8 Å². The van der Waals surface area contributed by atoms with E-state index in [2.05, 4.69) is 10.3 Å². The van der Waals surface area contributed by atoms with Crippen molar-refractivity contribution in [2.24, 2.45) is 0 Å². The molecule has 5 nitrogen and oxygen atoms in total. The molecule has 3 rings (SSSR count). The Balaban J connectivity index is 1.57. The number of likely N-dealkylation sites (N-methyl/N-ethyl adjacent to an activating group) is 1. The van der Waals surface area contributed by atoms with Crippen LogP contribution in [0.3, 0.4) is 0 Å². The van der Waals surface area contributed by atoms with Gasteiger partial charge in [-0.25, -0.2) is 4.98 Å². The van der Waals surface area contributed by atoms with E-state index in [1.807, 2.05) is 24.3 Å². The molecule has 138 valence electrons. The predicted octanol–water partition coefficient (Wildman–Crippen LogP) is 4.71. The fourth-order valence-electron chi connectivity index (χ4n) is 2.30. The minimum Gasteiger partial charge on any atom is -0.333 e. The summed E-state index contributed by atoms with van der Waals surface area (Å²) in [4.78, 5) is 30.1. The van der Waals surface area contributed by atoms with E-state index in [9.17, 15) is 9.59 Å². The van der Waals surface area contributed by atoms with Crippen LogP contribution in [0, 0.1) is 0 Å². The molecule has 1 aromatic heterocycles. The summed E-state index contributed by atoms with van der Waals surface area (Å²) in [6.07, 6.45) is 3.06. The lowest BCUT2D eigenvalue weighted by Gasteiger charge is -2.15. The maximum absolute atomic E-state index is 12.2. The zero-order valence-electron chi connectivity index (χ0n) is 14.3. The Kier molecular flexibility index (Phi) is 6.11. The number of carbonyl (C=O) groups excluding carboxylic acids is 2. The normalized spacial score (nSPS) is 11.1. The van der Waals surface area contributed by atoms with E-state index in [1.165, 1.54) is 22.3 Å². The number of nitrogens with one attached hydrogen (secondary N) is 1. The van der Waals surface area contributed by atoms with E-state index in [0.29, 0.717) is 15.7 Å². The number of rotatable bonds is 5. The number of halogens is 2. The number of nitrogens with zero attached hydrogens (tertiary/aromatic N) is 2. The van der Waals surface area contributed by atoms with E-state index in [0.717, 1.165) is 15.2 Å². The Labute approximate surface area is 170 Å². The number of anilines is 1. The number of hydrogen-bond acceptors (Lipinski definition) is 4. The highest BCUT2D eigenvalue weighted by Crippen LogP contribution is 2.25. The predicted molar refractivity (Wildman–Crippen MR) is 111 cm³/mol. The SMILES string of the molecule is CN(CC(=O)Nc1ccc(Cl)c(Cl)c1)C(=O)C=Cc1nc2ccccc2s1. The lowest BCUT2D eigenvalue weighted by molar-refractivity contribution is -0.129. The van der Waals surface area contributed by atoms with Crippen LogP contribution in [0.4, 0.5) is 5.69 Å². The molecule has 2 amide bonds. The number of aromatic nitrogens is 1. The van der Waals surface area contributed by atoms with E-state index in [1.54, 1.807) is 31.3 Å². The first-order valence-electron chi connectivity index (χ1n) is 7.96. The van der Waals surface area contributed by atoms with Gasteiger partial charge >= 0.3 is 0 Å². The monoisotopic (exact) mass is 419 g/mol. The molecule has 0 saturated carbocycles. The summed E-state index contributed by atoms with van der Waals surface area (Å²) in [7, 11) is 1.56. The highest BCUT2D eigenvalue weighted by Gasteiger charge is 2.12. The average Bonchev–Trinajstić information content (AvgIpc) is 3.05. The highest BCUT2D eigenvalue weighted by molar-refractivity contribution is 7.19. The maximum Gasteiger partial charge on any atom is 0.246 e. The van der Waals surface area contributed by atoms with Gasteiger partial charge in [0.15, 0.2) is 0 Å². The van der Waals surface area contributed by atoms with Crippen LogP contribution in [0.25, 0.3) is 16.3 Å². The van der Waals surface area contributed by atoms with Gasteiger partial charge in [-0.2, -0.15) is 0 Å². The van der Waals surface area contributed by atoms with Gasteiger partial charge in [0.25, 0.3) is 0 Å². The van der Waals surface area contributed by atoms with Crippen molar-refractivity contribution in [3.8, 4) is 0 Å². The topological polar surface area (TPSA) is 62.3 Å². The molecule has 0 aliphatic heterocycles. The highest BCUT2D eigenvalue weighted by atomic mass is 35.5. The van der Waals surface area contributed by atoms with Crippen LogP contribution in [0.1, 0.15) is 5.01 Å². The summed E-state index contributed by atoms with van der Waals surface area (Å²) < 4.78 is 1.05. The summed E-state index contributed by atoms with van der Waals surface area (Å²) in [5.41, 5.74) is 1.41. The van der Waals surface area contributed by atoms with Gasteiger partial charge in [0.05, 0.1) is 26.8 Å². The fraction of sp³-hybridized carbons (Fsp3) is 0.105. The van der Waals surface area contributed by atoms with Crippen molar-refractivity contribution < 1.29 is 9.59 Å². The molecule has 8 heteroatoms. The maximum atomic E-state index is 12.2. The summed E-state index contributed by atoms with van der Waals surface area (Å²) in [5.74, 6) is -0.629. The summed E-state index contributed by atoms with van der Waals surface area (Å²) in [5, 5.41) is 4.16. The van der Waals surface area contributed by atoms with Crippen LogP contribution >= 0.6 is 34.5 Å². The number of fused-ring (bicyclic) bond motifs is 1. The van der Waals surface area contributed by atoms with Gasteiger partial charge in [0.2, 0.25) is 11.8 Å². The summed E-state index contributed by atoms with van der Waals surface area (Å²) >= 11 is 13.3. The van der Waals surface area contributed by atoms with Crippen molar-refractivity contribution in [3.05, 3.63) is 63.6 Å². The molecule has 0 aliphatic carbocycles. The molecule has 3 aromatic rings. The van der Waals surface area contributed by atoms with E-state index >= 15 is 0 Å². The first-order chi connectivity index (χ1) is 12.9. The number of para-hydroxylation sites is 1. The van der Waals surface area contributed by atoms with Crippen LogP contribution < -0.4 is 5.32 Å². The third-order valence-corrected chi connectivity index (χ3v) is 5.38. The standard InChI is InChI=1S/C19H15Cl2N3O2S/c1-24(11-17(25)22-12-6-7-13(20)14(21)10-12)19(26)9-8-18-23-15-4-2-3-5-16(15)27-18/h2-10H,11H2,1H3,(H,22,25). The van der Waals surface area contributed by atoms with E-state index < -0.39 is 0 Å². The Morgan fingerprint density at radius 3 is 2.70 bits per heavy atom. The number of benzene rings is 2. The van der Waals surface area contributed by atoms with Gasteiger partial charge < -0.3 is 10.2 Å². The van der Waals surface area contributed by atoms with Crippen LogP contribution in [-0.2, 0) is 9.59 Å². The van der Waals surface area contributed by atoms with Crippen LogP contribution in [0.2, 0.25) is 10.0 Å². The van der Waals surface area contributed by atoms with Gasteiger partial charge in [-0.3, -0.25) is 9.59 Å². The molecule has 1 heterocycles. The second-order valence-electron chi connectivity index (χ2n) is 5.72. The van der Waals surface area contributed by atoms with Crippen molar-refractivity contribution >= 4 is 68.3 Å². The quantitative estimate of drug-likeness (QED) is 0.608. The average molecular weight is 420 g/mol. The Bertz CT molecular complexity index is 1000. The van der Waals surface area contributed by atoms with Crippen molar-refractivity contribution in [1.82, 2.24) is 9.88 Å². The Hall–Kier alpha value is -2.41. The lowest BCUT2D eigenvalue weighted by Crippen LogP contribution is -2.33. The second kappa shape index (κ2) is 8.52. The Morgan fingerprint density at radius 2 is 1.96 bits per heavy atom. The first-order valence-corrected chi connectivity index (χ1v) is 9.53. The number of thiazole rings is 1. The van der Waals surface area contributed by atoms with E-state index in [4.69, 9.17) is 23.2 Å². The molecule has 0 spiro atoms. The van der Waals surface area contributed by atoms with Crippen molar-refractivity contribution in [2.45, 2.75) is 0 Å². The smallest absolute Gasteiger partial charge is 0.246 e. The summed E-state index contributed by atoms with van der Waals surface area (Å²) in [6, 6.07) is 12.5. The van der Waals surface area contributed by atoms with Crippen molar-refractivity contribution in [3.63, 3.8) is 0 Å². The van der Waals surface area contributed by atoms with Crippen LogP contribution in [0.5, 0.6) is 0 Å². The molecule has 1 N–H and O–H groups in total. The van der Waals surface area contributed by atoms with Crippen LogP contribution in [0.15, 0.2) is 48.5 Å². The third-order valence-electron chi connectivity index (χ3n) is 3.64. The number of carbonyl (C=O) groups is 2. The minimum absolute atomic E-state index is 0.0940. The van der Waals surface area contributed by atoms with Gasteiger partial charge in [-0.1, -0.05) is 35.3 Å². The molecule has 27 heavy (non-hydrogen) atoms.